The van der Waals surface area contributed by atoms with Crippen LogP contribution in [-0.4, -0.2) is 11.1 Å². The van der Waals surface area contributed by atoms with Gasteiger partial charge in [0, 0.05) is 0 Å². The molecule has 0 spiro atoms. The van der Waals surface area contributed by atoms with Crippen LogP contribution in [0.5, 0.6) is 0 Å². The van der Waals surface area contributed by atoms with Crippen LogP contribution in [0.4, 0.5) is 4.39 Å². The average molecular weight is 244 g/mol. The number of benzene rings is 2. The lowest BCUT2D eigenvalue weighted by Crippen LogP contribution is -1.97. The van der Waals surface area contributed by atoms with Gasteiger partial charge in [-0.25, -0.2) is 9.18 Å². The first-order valence-electron chi connectivity index (χ1n) is 5.59. The number of rotatable bonds is 2. The molecule has 0 saturated carbocycles. The van der Waals surface area contributed by atoms with Crippen molar-refractivity contribution in [2.45, 2.75) is 13.8 Å². The Morgan fingerprint density at radius 3 is 2.33 bits per heavy atom. The summed E-state index contributed by atoms with van der Waals surface area (Å²) in [5, 5.41) is 8.91. The van der Waals surface area contributed by atoms with E-state index < -0.39 is 5.97 Å². The Labute approximate surface area is 105 Å². The number of halogens is 1. The van der Waals surface area contributed by atoms with Crippen molar-refractivity contribution in [1.82, 2.24) is 0 Å². The Morgan fingerprint density at radius 2 is 1.72 bits per heavy atom. The normalized spacial score (nSPS) is 10.4. The average Bonchev–Trinajstić information content (AvgIpc) is 2.32. The van der Waals surface area contributed by atoms with E-state index >= 15 is 0 Å². The van der Waals surface area contributed by atoms with Gasteiger partial charge < -0.3 is 5.11 Å². The summed E-state index contributed by atoms with van der Waals surface area (Å²) in [5.41, 5.74) is 3.68. The molecule has 0 aliphatic rings. The monoisotopic (exact) mass is 244 g/mol. The predicted octanol–water partition coefficient (Wildman–Crippen LogP) is 3.81. The second-order valence-corrected chi connectivity index (χ2v) is 4.29. The fourth-order valence-electron chi connectivity index (χ4n) is 1.98. The van der Waals surface area contributed by atoms with E-state index in [0.717, 1.165) is 22.3 Å². The van der Waals surface area contributed by atoms with E-state index in [1.54, 1.807) is 18.2 Å². The van der Waals surface area contributed by atoms with Crippen molar-refractivity contribution in [3.05, 3.63) is 58.9 Å². The molecule has 0 heterocycles. The Morgan fingerprint density at radius 1 is 1.00 bits per heavy atom. The van der Waals surface area contributed by atoms with Crippen molar-refractivity contribution in [3.8, 4) is 11.1 Å². The lowest BCUT2D eigenvalue weighted by atomic mass is 9.95. The fraction of sp³-hybridized carbons (Fsp3) is 0.133. The molecule has 0 aliphatic heterocycles. The SMILES string of the molecule is Cc1cc(C(=O)O)ccc1-c1cc(F)ccc1C. The van der Waals surface area contributed by atoms with Crippen molar-refractivity contribution in [2.24, 2.45) is 0 Å². The van der Waals surface area contributed by atoms with Crippen LogP contribution in [0.1, 0.15) is 21.5 Å². The quantitative estimate of drug-likeness (QED) is 0.872. The highest BCUT2D eigenvalue weighted by atomic mass is 19.1. The van der Waals surface area contributed by atoms with Crippen LogP contribution in [0, 0.1) is 19.7 Å². The van der Waals surface area contributed by atoms with Crippen LogP contribution in [-0.2, 0) is 0 Å². The van der Waals surface area contributed by atoms with Gasteiger partial charge in [0.2, 0.25) is 0 Å². The van der Waals surface area contributed by atoms with Gasteiger partial charge in [0.15, 0.2) is 0 Å². The van der Waals surface area contributed by atoms with E-state index in [4.69, 9.17) is 5.11 Å². The minimum absolute atomic E-state index is 0.241. The molecule has 3 heteroatoms. The highest BCUT2D eigenvalue weighted by Gasteiger charge is 2.09. The van der Waals surface area contributed by atoms with Crippen LogP contribution in [0.3, 0.4) is 0 Å². The molecule has 0 radical (unpaired) electrons. The number of carbonyl (C=O) groups is 1. The number of hydrogen-bond donors (Lipinski definition) is 1. The van der Waals surface area contributed by atoms with E-state index in [2.05, 4.69) is 0 Å². The minimum Gasteiger partial charge on any atom is -0.478 e. The molecule has 0 aromatic heterocycles. The number of aromatic carboxylic acids is 1. The second kappa shape index (κ2) is 4.61. The molecule has 0 bridgehead atoms. The zero-order valence-electron chi connectivity index (χ0n) is 10.2. The number of hydrogen-bond acceptors (Lipinski definition) is 1. The maximum absolute atomic E-state index is 13.3. The number of carboxylic acid groups (broad SMARTS) is 1. The molecule has 92 valence electrons. The number of carboxylic acids is 1. The molecule has 0 amide bonds. The summed E-state index contributed by atoms with van der Waals surface area (Å²) in [6, 6.07) is 9.46. The summed E-state index contributed by atoms with van der Waals surface area (Å²) >= 11 is 0. The van der Waals surface area contributed by atoms with Gasteiger partial charge in [0.25, 0.3) is 0 Å². The number of aryl methyl sites for hydroxylation is 2. The summed E-state index contributed by atoms with van der Waals surface area (Å²) in [6.45, 7) is 3.73. The summed E-state index contributed by atoms with van der Waals surface area (Å²) in [5.74, 6) is -1.25. The minimum atomic E-state index is -0.958. The topological polar surface area (TPSA) is 37.3 Å². The largest absolute Gasteiger partial charge is 0.478 e. The van der Waals surface area contributed by atoms with Gasteiger partial charge in [0.1, 0.15) is 5.82 Å². The van der Waals surface area contributed by atoms with Gasteiger partial charge in [-0.05, 0) is 60.4 Å². The predicted molar refractivity (Wildman–Crippen MR) is 68.3 cm³/mol. The second-order valence-electron chi connectivity index (χ2n) is 4.29. The van der Waals surface area contributed by atoms with Crippen LogP contribution in [0.2, 0.25) is 0 Å². The zero-order chi connectivity index (χ0) is 13.3. The van der Waals surface area contributed by atoms with Gasteiger partial charge in [-0.15, -0.1) is 0 Å². The highest BCUT2D eigenvalue weighted by molar-refractivity contribution is 5.89. The van der Waals surface area contributed by atoms with E-state index in [0.29, 0.717) is 0 Å². The standard InChI is InChI=1S/C15H13FO2/c1-9-3-5-12(16)8-14(9)13-6-4-11(15(17)18)7-10(13)2/h3-8H,1-2H3,(H,17,18). The summed E-state index contributed by atoms with van der Waals surface area (Å²) in [7, 11) is 0. The van der Waals surface area contributed by atoms with E-state index in [1.165, 1.54) is 18.2 Å². The summed E-state index contributed by atoms with van der Waals surface area (Å²) in [4.78, 5) is 10.9. The van der Waals surface area contributed by atoms with Crippen molar-refractivity contribution in [2.75, 3.05) is 0 Å². The molecule has 0 fully saturated rings. The maximum atomic E-state index is 13.3. The van der Waals surface area contributed by atoms with E-state index in [9.17, 15) is 9.18 Å². The van der Waals surface area contributed by atoms with Gasteiger partial charge in [0.05, 0.1) is 5.56 Å². The zero-order valence-corrected chi connectivity index (χ0v) is 10.2. The van der Waals surface area contributed by atoms with Crippen LogP contribution in [0.15, 0.2) is 36.4 Å². The maximum Gasteiger partial charge on any atom is 0.335 e. The van der Waals surface area contributed by atoms with Gasteiger partial charge in [-0.1, -0.05) is 12.1 Å². The van der Waals surface area contributed by atoms with Crippen molar-refractivity contribution >= 4 is 5.97 Å². The molecule has 0 unspecified atom stereocenters. The Bertz CT molecular complexity index is 618. The first-order valence-corrected chi connectivity index (χ1v) is 5.59. The molecule has 0 atom stereocenters. The molecule has 1 N–H and O–H groups in total. The molecule has 2 aromatic rings. The molecule has 0 saturated heterocycles. The Kier molecular flexibility index (Phi) is 3.15. The van der Waals surface area contributed by atoms with Crippen LogP contribution >= 0.6 is 0 Å². The molecular formula is C15H13FO2. The van der Waals surface area contributed by atoms with Crippen molar-refractivity contribution in [1.29, 1.82) is 0 Å². The fourth-order valence-corrected chi connectivity index (χ4v) is 1.98. The van der Waals surface area contributed by atoms with Gasteiger partial charge in [-0.2, -0.15) is 0 Å². The highest BCUT2D eigenvalue weighted by Crippen LogP contribution is 2.28. The third-order valence-electron chi connectivity index (χ3n) is 2.96. The third kappa shape index (κ3) is 2.25. The molecule has 2 aromatic carbocycles. The molecular weight excluding hydrogens is 231 g/mol. The van der Waals surface area contributed by atoms with Crippen molar-refractivity contribution in [3.63, 3.8) is 0 Å². The van der Waals surface area contributed by atoms with Gasteiger partial charge in [-0.3, -0.25) is 0 Å². The summed E-state index contributed by atoms with van der Waals surface area (Å²) < 4.78 is 13.3. The van der Waals surface area contributed by atoms with E-state index in [-0.39, 0.29) is 11.4 Å². The van der Waals surface area contributed by atoms with Crippen LogP contribution in [0.25, 0.3) is 11.1 Å². The molecule has 2 rings (SSSR count). The molecule has 2 nitrogen and oxygen atoms in total. The van der Waals surface area contributed by atoms with E-state index in [1.807, 2.05) is 13.8 Å². The smallest absolute Gasteiger partial charge is 0.335 e. The molecule has 0 aliphatic carbocycles. The molecule has 18 heavy (non-hydrogen) atoms. The lowest BCUT2D eigenvalue weighted by molar-refractivity contribution is 0.0697. The Hall–Kier alpha value is -2.16. The third-order valence-corrected chi connectivity index (χ3v) is 2.96. The Balaban J connectivity index is 2.58. The first kappa shape index (κ1) is 12.3. The van der Waals surface area contributed by atoms with Gasteiger partial charge >= 0.3 is 5.97 Å². The first-order chi connectivity index (χ1) is 8.49. The van der Waals surface area contributed by atoms with Crippen LogP contribution < -0.4 is 0 Å². The van der Waals surface area contributed by atoms with Crippen molar-refractivity contribution < 1.29 is 14.3 Å². The summed E-state index contributed by atoms with van der Waals surface area (Å²) in [6.07, 6.45) is 0. The lowest BCUT2D eigenvalue weighted by Gasteiger charge is -2.10.